The summed E-state index contributed by atoms with van der Waals surface area (Å²) >= 11 is 0. The lowest BCUT2D eigenvalue weighted by atomic mass is 9.99. The molecule has 1 amide bonds. The van der Waals surface area contributed by atoms with Gasteiger partial charge in [-0.3, -0.25) is 4.79 Å². The highest BCUT2D eigenvalue weighted by molar-refractivity contribution is 7.89. The Morgan fingerprint density at radius 2 is 1.67 bits per heavy atom. The van der Waals surface area contributed by atoms with Gasteiger partial charge in [0.15, 0.2) is 0 Å². The summed E-state index contributed by atoms with van der Waals surface area (Å²) < 4.78 is 40.9. The van der Waals surface area contributed by atoms with Crippen molar-refractivity contribution in [1.29, 1.82) is 0 Å². The number of nitrogens with two attached hydrogens (primary N) is 2. The third kappa shape index (κ3) is 5.74. The molecule has 5 N–H and O–H groups in total. The number of rotatable bonds is 7. The van der Waals surface area contributed by atoms with E-state index in [0.29, 0.717) is 5.92 Å². The number of amides is 1. The predicted molar refractivity (Wildman–Crippen MR) is 105 cm³/mol. The van der Waals surface area contributed by atoms with E-state index in [2.05, 4.69) is 18.6 Å². The average Bonchev–Trinajstić information content (AvgIpc) is 2.59. The van der Waals surface area contributed by atoms with Crippen LogP contribution < -0.4 is 16.2 Å². The van der Waals surface area contributed by atoms with E-state index in [4.69, 9.17) is 11.5 Å². The molecule has 0 aromatic heterocycles. The largest absolute Gasteiger partial charge is 0.366 e. The minimum atomic E-state index is -4.18. The van der Waals surface area contributed by atoms with E-state index >= 15 is 0 Å². The summed E-state index contributed by atoms with van der Waals surface area (Å²) in [6, 6.07) is 9.86. The van der Waals surface area contributed by atoms with Crippen LogP contribution in [-0.2, 0) is 10.0 Å². The topological polar surface area (TPSA) is 115 Å². The van der Waals surface area contributed by atoms with E-state index in [1.165, 1.54) is 0 Å². The molecule has 0 aliphatic carbocycles. The number of nitrogens with one attached hydrogen (secondary N) is 1. The van der Waals surface area contributed by atoms with Crippen molar-refractivity contribution in [2.24, 2.45) is 11.5 Å². The summed E-state index contributed by atoms with van der Waals surface area (Å²) in [5, 5.41) is 0. The fraction of sp³-hybridized carbons (Fsp3) is 0.278. The second-order valence-corrected chi connectivity index (χ2v) is 8.02. The molecule has 9 heteroatoms. The number of sulfonamides is 1. The first-order valence-corrected chi connectivity index (χ1v) is 9.54. The Kier molecular flexibility index (Phi) is 7.91. The van der Waals surface area contributed by atoms with Crippen LogP contribution >= 0.6 is 12.4 Å². The van der Waals surface area contributed by atoms with Crippen LogP contribution in [0.25, 0.3) is 0 Å². The minimum absolute atomic E-state index is 0. The van der Waals surface area contributed by atoms with Gasteiger partial charge in [-0.15, -0.1) is 12.4 Å². The fourth-order valence-electron chi connectivity index (χ4n) is 2.39. The van der Waals surface area contributed by atoms with Crippen molar-refractivity contribution in [1.82, 2.24) is 4.72 Å². The first-order valence-electron chi connectivity index (χ1n) is 8.06. The Morgan fingerprint density at radius 3 is 2.19 bits per heavy atom. The summed E-state index contributed by atoms with van der Waals surface area (Å²) in [5.74, 6) is -1.44. The summed E-state index contributed by atoms with van der Waals surface area (Å²) in [4.78, 5) is 10.5. The van der Waals surface area contributed by atoms with Crippen LogP contribution in [0.2, 0.25) is 0 Å². The number of carbonyl (C=O) groups is 1. The van der Waals surface area contributed by atoms with Gasteiger partial charge in [0.2, 0.25) is 15.9 Å². The SMILES string of the molecule is CC(C)c1ccc(C(N)CNS(=O)(=O)c2cc(C(N)=O)ccc2F)cc1.Cl. The molecule has 0 spiro atoms. The Balaban J connectivity index is 0.00000364. The molecule has 27 heavy (non-hydrogen) atoms. The first-order chi connectivity index (χ1) is 12.1. The van der Waals surface area contributed by atoms with E-state index < -0.39 is 32.7 Å². The van der Waals surface area contributed by atoms with Crippen molar-refractivity contribution < 1.29 is 17.6 Å². The van der Waals surface area contributed by atoms with Crippen molar-refractivity contribution >= 4 is 28.3 Å². The molecule has 1 atom stereocenters. The molecule has 0 saturated carbocycles. The van der Waals surface area contributed by atoms with Gasteiger partial charge in [0.25, 0.3) is 0 Å². The van der Waals surface area contributed by atoms with Crippen LogP contribution in [0, 0.1) is 5.82 Å². The van der Waals surface area contributed by atoms with E-state index in [9.17, 15) is 17.6 Å². The van der Waals surface area contributed by atoms with Crippen LogP contribution in [0.1, 0.15) is 47.3 Å². The molecule has 0 aliphatic heterocycles. The normalized spacial score (nSPS) is 12.5. The van der Waals surface area contributed by atoms with Crippen LogP contribution in [0.5, 0.6) is 0 Å². The maximum Gasteiger partial charge on any atom is 0.248 e. The molecule has 0 heterocycles. The van der Waals surface area contributed by atoms with Crippen molar-refractivity contribution in [3.63, 3.8) is 0 Å². The van der Waals surface area contributed by atoms with E-state index in [0.717, 1.165) is 29.3 Å². The zero-order chi connectivity index (χ0) is 19.5. The highest BCUT2D eigenvalue weighted by atomic mass is 35.5. The van der Waals surface area contributed by atoms with E-state index in [-0.39, 0.29) is 24.5 Å². The van der Waals surface area contributed by atoms with Gasteiger partial charge < -0.3 is 11.5 Å². The van der Waals surface area contributed by atoms with Gasteiger partial charge in [0, 0.05) is 18.2 Å². The van der Waals surface area contributed by atoms with Crippen molar-refractivity contribution in [3.05, 3.63) is 65.0 Å². The number of carbonyl (C=O) groups excluding carboxylic acids is 1. The summed E-state index contributed by atoms with van der Waals surface area (Å²) in [6.45, 7) is 4.01. The molecular weight excluding hydrogens is 393 g/mol. The van der Waals surface area contributed by atoms with Gasteiger partial charge in [-0.2, -0.15) is 0 Å². The van der Waals surface area contributed by atoms with Crippen molar-refractivity contribution in [3.8, 4) is 0 Å². The maximum absolute atomic E-state index is 13.9. The zero-order valence-corrected chi connectivity index (χ0v) is 16.6. The highest BCUT2D eigenvalue weighted by Gasteiger charge is 2.21. The van der Waals surface area contributed by atoms with Gasteiger partial charge in [0.05, 0.1) is 0 Å². The Labute approximate surface area is 164 Å². The van der Waals surface area contributed by atoms with Gasteiger partial charge in [-0.1, -0.05) is 38.1 Å². The van der Waals surface area contributed by atoms with Crippen LogP contribution in [0.3, 0.4) is 0 Å². The highest BCUT2D eigenvalue weighted by Crippen LogP contribution is 2.19. The molecule has 0 radical (unpaired) electrons. The monoisotopic (exact) mass is 415 g/mol. The number of primary amides is 1. The van der Waals surface area contributed by atoms with Crippen LogP contribution in [0.4, 0.5) is 4.39 Å². The lowest BCUT2D eigenvalue weighted by molar-refractivity contribution is 0.1000. The van der Waals surface area contributed by atoms with Gasteiger partial charge in [-0.05, 0) is 35.2 Å². The lowest BCUT2D eigenvalue weighted by Gasteiger charge is -2.15. The molecule has 0 saturated heterocycles. The van der Waals surface area contributed by atoms with Gasteiger partial charge in [0.1, 0.15) is 10.7 Å². The van der Waals surface area contributed by atoms with Crippen molar-refractivity contribution in [2.45, 2.75) is 30.7 Å². The Hall–Kier alpha value is -2.00. The average molecular weight is 416 g/mol. The molecule has 2 aromatic carbocycles. The van der Waals surface area contributed by atoms with E-state index in [1.54, 1.807) is 0 Å². The molecular formula is C18H23ClFN3O3S. The number of benzene rings is 2. The molecule has 148 valence electrons. The molecule has 0 fully saturated rings. The standard InChI is InChI=1S/C18H22FN3O3S.ClH/c1-11(2)12-3-5-13(6-4-12)16(20)10-22-26(24,25)17-9-14(18(21)23)7-8-15(17)19;/h3-9,11,16,22H,10,20H2,1-2H3,(H2,21,23);1H. The maximum atomic E-state index is 13.9. The molecule has 2 rings (SSSR count). The second-order valence-electron chi connectivity index (χ2n) is 6.29. The summed E-state index contributed by atoms with van der Waals surface area (Å²) in [7, 11) is -4.18. The first kappa shape index (κ1) is 23.0. The Morgan fingerprint density at radius 1 is 1.11 bits per heavy atom. The predicted octanol–water partition coefficient (Wildman–Crippen LogP) is 2.45. The second kappa shape index (κ2) is 9.27. The Bertz CT molecular complexity index is 903. The molecule has 1 unspecified atom stereocenters. The van der Waals surface area contributed by atoms with Crippen molar-refractivity contribution in [2.75, 3.05) is 6.54 Å². The smallest absolute Gasteiger partial charge is 0.248 e. The third-order valence-electron chi connectivity index (χ3n) is 4.03. The van der Waals surface area contributed by atoms with Gasteiger partial charge >= 0.3 is 0 Å². The fourth-order valence-corrected chi connectivity index (χ4v) is 3.55. The number of hydrogen-bond donors (Lipinski definition) is 3. The van der Waals surface area contributed by atoms with Crippen LogP contribution in [-0.4, -0.2) is 20.9 Å². The van der Waals surface area contributed by atoms with E-state index in [1.807, 2.05) is 24.3 Å². The molecule has 6 nitrogen and oxygen atoms in total. The third-order valence-corrected chi connectivity index (χ3v) is 5.47. The van der Waals surface area contributed by atoms with Crippen LogP contribution in [0.15, 0.2) is 47.4 Å². The van der Waals surface area contributed by atoms with Gasteiger partial charge in [-0.25, -0.2) is 17.5 Å². The summed E-state index contributed by atoms with van der Waals surface area (Å²) in [5.41, 5.74) is 12.9. The number of hydrogen-bond acceptors (Lipinski definition) is 4. The molecule has 2 aromatic rings. The molecule has 0 aliphatic rings. The minimum Gasteiger partial charge on any atom is -0.366 e. The molecule has 0 bridgehead atoms. The zero-order valence-electron chi connectivity index (χ0n) is 15.0. The summed E-state index contributed by atoms with van der Waals surface area (Å²) in [6.07, 6.45) is 0. The lowest BCUT2D eigenvalue weighted by Crippen LogP contribution is -2.32. The number of halogens is 2. The quantitative estimate of drug-likeness (QED) is 0.644.